The molecule has 0 saturated carbocycles. The molecule has 66 valence electrons. The van der Waals surface area contributed by atoms with E-state index in [9.17, 15) is 5.21 Å². The number of hydrogen-bond acceptors (Lipinski definition) is 2. The van der Waals surface area contributed by atoms with Gasteiger partial charge in [-0.2, -0.15) is 4.85 Å². The molecular weight excluding hydrogens is 166 g/mol. The molecule has 0 unspecified atom stereocenters. The second kappa shape index (κ2) is 3.26. The van der Waals surface area contributed by atoms with Crippen molar-refractivity contribution in [1.82, 2.24) is 9.90 Å². The first kappa shape index (κ1) is 7.79. The Hall–Kier alpha value is -1.84. The summed E-state index contributed by atoms with van der Waals surface area (Å²) in [5.74, 6) is 0. The molecule has 4 heteroatoms. The maximum atomic E-state index is 11.0. The topological polar surface area (TPSA) is 44.8 Å². The van der Waals surface area contributed by atoms with Crippen molar-refractivity contribution in [1.29, 1.82) is 0 Å². The van der Waals surface area contributed by atoms with Gasteiger partial charge in [-0.3, -0.25) is 0 Å². The van der Waals surface area contributed by atoms with Crippen molar-refractivity contribution in [3.8, 4) is 0 Å². The second-order valence-electron chi connectivity index (χ2n) is 2.73. The Kier molecular flexibility index (Phi) is 1.96. The third kappa shape index (κ3) is 1.66. The van der Waals surface area contributed by atoms with Gasteiger partial charge < -0.3 is 5.21 Å². The van der Waals surface area contributed by atoms with Crippen LogP contribution in [0.25, 0.3) is 0 Å². The molecule has 0 atom stereocenters. The smallest absolute Gasteiger partial charge is 0.206 e. The van der Waals surface area contributed by atoms with E-state index < -0.39 is 0 Å². The molecule has 0 saturated heterocycles. The molecule has 0 fully saturated rings. The normalized spacial score (nSPS) is 10.2. The third-order valence-corrected chi connectivity index (χ3v) is 1.79. The summed E-state index contributed by atoms with van der Waals surface area (Å²) in [6, 6.07) is 9.74. The average molecular weight is 175 g/mol. The minimum atomic E-state index is 0.511. The summed E-state index contributed by atoms with van der Waals surface area (Å²) in [5, 5.41) is 14.9. The van der Waals surface area contributed by atoms with Crippen molar-refractivity contribution >= 4 is 0 Å². The molecule has 1 heterocycles. The lowest BCUT2D eigenvalue weighted by Crippen LogP contribution is -2.37. The van der Waals surface area contributed by atoms with E-state index >= 15 is 0 Å². The predicted octanol–water partition coefficient (Wildman–Crippen LogP) is 0.565. The van der Waals surface area contributed by atoms with Gasteiger partial charge in [-0.15, -0.1) is 0 Å². The summed E-state index contributed by atoms with van der Waals surface area (Å²) < 4.78 is 0. The largest absolute Gasteiger partial charge is 0.693 e. The van der Waals surface area contributed by atoms with E-state index in [1.165, 1.54) is 17.2 Å². The summed E-state index contributed by atoms with van der Waals surface area (Å²) in [6.07, 6.45) is 2.86. The lowest BCUT2D eigenvalue weighted by atomic mass is 10.2. The fourth-order valence-corrected chi connectivity index (χ4v) is 1.15. The van der Waals surface area contributed by atoms with Gasteiger partial charge in [0.2, 0.25) is 6.20 Å². The lowest BCUT2D eigenvalue weighted by Gasteiger charge is -2.02. The Morgan fingerprint density at radius 3 is 2.69 bits per heavy atom. The van der Waals surface area contributed by atoms with Crippen LogP contribution in [0.3, 0.4) is 0 Å². The fourth-order valence-electron chi connectivity index (χ4n) is 1.15. The van der Waals surface area contributed by atoms with Crippen LogP contribution >= 0.6 is 0 Å². The van der Waals surface area contributed by atoms with E-state index in [-0.39, 0.29) is 0 Å². The fraction of sp³-hybridized carbons (Fsp3) is 0.111. The highest BCUT2D eigenvalue weighted by Crippen LogP contribution is 1.98. The maximum absolute atomic E-state index is 11.0. The molecule has 4 nitrogen and oxygen atoms in total. The zero-order valence-electron chi connectivity index (χ0n) is 7.00. The highest BCUT2D eigenvalue weighted by molar-refractivity contribution is 5.14. The summed E-state index contributed by atoms with van der Waals surface area (Å²) in [6.45, 7) is 0.511. The Balaban J connectivity index is 2.20. The first-order valence-electron chi connectivity index (χ1n) is 4.01. The summed E-state index contributed by atoms with van der Waals surface area (Å²) in [7, 11) is 0. The van der Waals surface area contributed by atoms with Crippen LogP contribution < -0.4 is 4.85 Å². The molecule has 2 rings (SSSR count). The van der Waals surface area contributed by atoms with Gasteiger partial charge in [-0.05, 0) is 10.4 Å². The van der Waals surface area contributed by atoms with Crippen molar-refractivity contribution in [2.45, 2.75) is 6.54 Å². The van der Waals surface area contributed by atoms with Crippen LogP contribution in [0.1, 0.15) is 5.56 Å². The minimum absolute atomic E-state index is 0.511. The Bertz CT molecular complexity index is 383. The van der Waals surface area contributed by atoms with E-state index in [2.05, 4.69) is 5.10 Å². The first-order valence-corrected chi connectivity index (χ1v) is 4.01. The molecule has 1 aromatic carbocycles. The van der Waals surface area contributed by atoms with Gasteiger partial charge in [0.15, 0.2) is 6.20 Å². The Morgan fingerprint density at radius 1 is 1.31 bits per heavy atom. The van der Waals surface area contributed by atoms with Gasteiger partial charge in [0.05, 0.1) is 0 Å². The van der Waals surface area contributed by atoms with E-state index in [4.69, 9.17) is 0 Å². The molecule has 13 heavy (non-hydrogen) atoms. The highest BCUT2D eigenvalue weighted by atomic mass is 16.5. The predicted molar refractivity (Wildman–Crippen MR) is 46.7 cm³/mol. The summed E-state index contributed by atoms with van der Waals surface area (Å²) >= 11 is 0. The number of benzene rings is 1. The molecule has 0 radical (unpaired) electrons. The molecule has 0 aliphatic carbocycles. The van der Waals surface area contributed by atoms with Gasteiger partial charge in [-0.1, -0.05) is 30.3 Å². The molecule has 1 aromatic heterocycles. The number of hydrogen-bond donors (Lipinski definition) is 0. The molecule has 0 spiro atoms. The average Bonchev–Trinajstić information content (AvgIpc) is 2.54. The zero-order valence-corrected chi connectivity index (χ0v) is 7.00. The van der Waals surface area contributed by atoms with E-state index in [1.54, 1.807) is 0 Å². The molecule has 0 N–H and O–H groups in total. The minimum Gasteiger partial charge on any atom is -0.693 e. The van der Waals surface area contributed by atoms with Crippen LogP contribution in [0.15, 0.2) is 42.7 Å². The van der Waals surface area contributed by atoms with Crippen molar-refractivity contribution < 1.29 is 4.85 Å². The first-order chi connectivity index (χ1) is 6.36. The summed E-state index contributed by atoms with van der Waals surface area (Å²) in [5.41, 5.74) is 1.07. The number of aromatic nitrogens is 3. The van der Waals surface area contributed by atoms with Crippen LogP contribution in [0.5, 0.6) is 0 Å². The van der Waals surface area contributed by atoms with E-state index in [0.29, 0.717) is 11.4 Å². The van der Waals surface area contributed by atoms with Crippen molar-refractivity contribution in [3.63, 3.8) is 0 Å². The zero-order chi connectivity index (χ0) is 9.10. The van der Waals surface area contributed by atoms with Gasteiger partial charge in [0, 0.05) is 5.10 Å². The number of rotatable bonds is 2. The SMILES string of the molecule is [O-][n+]1ccnn1Cc1ccccc1. The third-order valence-electron chi connectivity index (χ3n) is 1.79. The molecule has 2 aromatic rings. The molecule has 0 aliphatic rings. The monoisotopic (exact) mass is 175 g/mol. The van der Waals surface area contributed by atoms with Crippen LogP contribution in [0.4, 0.5) is 0 Å². The lowest BCUT2D eigenvalue weighted by molar-refractivity contribution is -0.698. The van der Waals surface area contributed by atoms with Crippen LogP contribution in [0, 0.1) is 5.21 Å². The Morgan fingerprint density at radius 2 is 2.08 bits per heavy atom. The van der Waals surface area contributed by atoms with E-state index in [0.717, 1.165) is 5.56 Å². The Labute approximate surface area is 75.6 Å². The van der Waals surface area contributed by atoms with Gasteiger partial charge in [-0.25, -0.2) is 0 Å². The quantitative estimate of drug-likeness (QED) is 0.494. The van der Waals surface area contributed by atoms with Crippen LogP contribution in [-0.2, 0) is 6.54 Å². The highest BCUT2D eigenvalue weighted by Gasteiger charge is 2.02. The summed E-state index contributed by atoms with van der Waals surface area (Å²) in [4.78, 5) is 2.07. The van der Waals surface area contributed by atoms with Gasteiger partial charge >= 0.3 is 0 Å². The standard InChI is InChI=1S/C9H9N3O/c13-12-7-6-10-11(12)8-9-4-2-1-3-5-9/h1-7H,8H2. The van der Waals surface area contributed by atoms with Gasteiger partial charge in [0.1, 0.15) is 6.54 Å². The molecule has 0 aliphatic heterocycles. The van der Waals surface area contributed by atoms with Crippen molar-refractivity contribution in [2.24, 2.45) is 0 Å². The van der Waals surface area contributed by atoms with Crippen molar-refractivity contribution in [2.75, 3.05) is 0 Å². The van der Waals surface area contributed by atoms with Crippen LogP contribution in [0.2, 0.25) is 0 Å². The number of nitrogens with zero attached hydrogens (tertiary/aromatic N) is 3. The second-order valence-corrected chi connectivity index (χ2v) is 2.73. The van der Waals surface area contributed by atoms with E-state index in [1.807, 2.05) is 30.3 Å². The molecule has 0 bridgehead atoms. The van der Waals surface area contributed by atoms with Gasteiger partial charge in [0.25, 0.3) is 0 Å². The van der Waals surface area contributed by atoms with Crippen molar-refractivity contribution in [3.05, 3.63) is 53.5 Å². The maximum Gasteiger partial charge on any atom is 0.206 e. The van der Waals surface area contributed by atoms with Crippen LogP contribution in [-0.4, -0.2) is 9.90 Å². The molecular formula is C9H9N3O. The molecule has 0 amide bonds.